The van der Waals surface area contributed by atoms with Crippen LogP contribution in [-0.2, 0) is 10.9 Å². The molecular formula is C8H10N2O4S. The van der Waals surface area contributed by atoms with Crippen LogP contribution in [0.25, 0.3) is 0 Å². The van der Waals surface area contributed by atoms with Crippen molar-refractivity contribution in [3.05, 3.63) is 23.8 Å². The third kappa shape index (κ3) is 3.47. The highest BCUT2D eigenvalue weighted by Crippen LogP contribution is 2.19. The maximum Gasteiger partial charge on any atom is 0.332 e. The summed E-state index contributed by atoms with van der Waals surface area (Å²) in [5.74, 6) is 0.0772. The molecule has 0 heterocycles. The quantitative estimate of drug-likeness (QED) is 0.435. The van der Waals surface area contributed by atoms with Crippen molar-refractivity contribution in [2.75, 3.05) is 5.32 Å². The van der Waals surface area contributed by atoms with Crippen LogP contribution in [0.5, 0.6) is 5.75 Å². The second-order valence-corrected chi connectivity index (χ2v) is 3.56. The van der Waals surface area contributed by atoms with Gasteiger partial charge in [-0.1, -0.05) is 0 Å². The number of thiol groups is 1. The lowest BCUT2D eigenvalue weighted by Crippen LogP contribution is -2.27. The Morgan fingerprint density at radius 3 is 2.60 bits per heavy atom. The zero-order chi connectivity index (χ0) is 11.4. The van der Waals surface area contributed by atoms with Crippen molar-refractivity contribution >= 4 is 22.6 Å². The Labute approximate surface area is 88.0 Å². The van der Waals surface area contributed by atoms with Gasteiger partial charge in [-0.3, -0.25) is 0 Å². The summed E-state index contributed by atoms with van der Waals surface area (Å²) in [5, 5.41) is 11.4. The van der Waals surface area contributed by atoms with Crippen molar-refractivity contribution in [2.45, 2.75) is 6.92 Å². The molecule has 0 atom stereocenters. The van der Waals surface area contributed by atoms with E-state index in [1.165, 1.54) is 18.2 Å². The number of hydrogen-bond acceptors (Lipinski definition) is 4. The molecule has 0 aromatic heterocycles. The van der Waals surface area contributed by atoms with Crippen LogP contribution in [0.4, 0.5) is 10.5 Å². The van der Waals surface area contributed by atoms with Gasteiger partial charge in [0, 0.05) is 5.69 Å². The second-order valence-electron chi connectivity index (χ2n) is 2.82. The standard InChI is InChI=1S/C8H10N2O4S/c1-5-4-6(11)2-3-7(5)9-8(12)10-15(13)14/h2-4,11,15H,1H3,(H2,9,10,12,13,14). The average molecular weight is 230 g/mol. The molecule has 0 aliphatic carbocycles. The highest BCUT2D eigenvalue weighted by atomic mass is 32.2. The molecule has 0 bridgehead atoms. The number of amides is 2. The van der Waals surface area contributed by atoms with Crippen molar-refractivity contribution in [3.8, 4) is 5.75 Å². The fourth-order valence-electron chi connectivity index (χ4n) is 1.02. The lowest BCUT2D eigenvalue weighted by molar-refractivity contribution is 0.256. The molecule has 2 amide bonds. The summed E-state index contributed by atoms with van der Waals surface area (Å²) < 4.78 is 22.0. The minimum absolute atomic E-state index is 0.0772. The number of anilines is 1. The summed E-state index contributed by atoms with van der Waals surface area (Å²) in [6.45, 7) is 1.67. The number of rotatable bonds is 2. The first-order valence-corrected chi connectivity index (χ1v) is 5.18. The van der Waals surface area contributed by atoms with Gasteiger partial charge in [0.05, 0.1) is 0 Å². The molecule has 3 N–H and O–H groups in total. The van der Waals surface area contributed by atoms with Crippen LogP contribution in [0.3, 0.4) is 0 Å². The molecule has 1 aromatic carbocycles. The van der Waals surface area contributed by atoms with E-state index in [0.29, 0.717) is 11.3 Å². The van der Waals surface area contributed by atoms with E-state index in [1.807, 2.05) is 0 Å². The van der Waals surface area contributed by atoms with E-state index in [9.17, 15) is 13.2 Å². The molecule has 0 aliphatic rings. The maximum atomic E-state index is 11.0. The van der Waals surface area contributed by atoms with Gasteiger partial charge in [-0.2, -0.15) is 0 Å². The van der Waals surface area contributed by atoms with Gasteiger partial charge in [-0.05, 0) is 30.7 Å². The molecule has 7 heteroatoms. The predicted octanol–water partition coefficient (Wildman–Crippen LogP) is 0.349. The number of nitrogens with one attached hydrogen (secondary N) is 2. The Morgan fingerprint density at radius 2 is 2.07 bits per heavy atom. The molecule has 0 fully saturated rings. The van der Waals surface area contributed by atoms with Crippen molar-refractivity contribution < 1.29 is 18.3 Å². The van der Waals surface area contributed by atoms with Gasteiger partial charge in [0.25, 0.3) is 0 Å². The summed E-state index contributed by atoms with van der Waals surface area (Å²) >= 11 is 0. The van der Waals surface area contributed by atoms with E-state index in [-0.39, 0.29) is 5.75 Å². The number of hydrogen-bond donors (Lipinski definition) is 4. The van der Waals surface area contributed by atoms with Crippen LogP contribution in [0.2, 0.25) is 0 Å². The Kier molecular flexibility index (Phi) is 3.51. The maximum absolute atomic E-state index is 11.0. The fourth-order valence-corrected chi connectivity index (χ4v) is 1.24. The van der Waals surface area contributed by atoms with Crippen LogP contribution in [-0.4, -0.2) is 19.6 Å². The molecule has 15 heavy (non-hydrogen) atoms. The van der Waals surface area contributed by atoms with Gasteiger partial charge >= 0.3 is 6.03 Å². The lowest BCUT2D eigenvalue weighted by atomic mass is 10.2. The van der Waals surface area contributed by atoms with Crippen LogP contribution in [0.1, 0.15) is 5.56 Å². The molecule has 0 radical (unpaired) electrons. The fraction of sp³-hybridized carbons (Fsp3) is 0.125. The Morgan fingerprint density at radius 1 is 1.40 bits per heavy atom. The first-order valence-electron chi connectivity index (χ1n) is 4.00. The lowest BCUT2D eigenvalue weighted by Gasteiger charge is -2.07. The summed E-state index contributed by atoms with van der Waals surface area (Å²) in [6.07, 6.45) is 0. The third-order valence-electron chi connectivity index (χ3n) is 1.65. The Hall–Kier alpha value is -1.76. The number of phenols is 1. The summed E-state index contributed by atoms with van der Waals surface area (Å²) in [4.78, 5) is 11.0. The van der Waals surface area contributed by atoms with Crippen molar-refractivity contribution in [1.82, 2.24) is 4.72 Å². The van der Waals surface area contributed by atoms with Crippen molar-refractivity contribution in [3.63, 3.8) is 0 Å². The van der Waals surface area contributed by atoms with Crippen LogP contribution < -0.4 is 10.0 Å². The van der Waals surface area contributed by atoms with E-state index >= 15 is 0 Å². The second kappa shape index (κ2) is 4.65. The van der Waals surface area contributed by atoms with E-state index < -0.39 is 16.9 Å². The smallest absolute Gasteiger partial charge is 0.332 e. The van der Waals surface area contributed by atoms with Gasteiger partial charge in [0.1, 0.15) is 5.75 Å². The first kappa shape index (κ1) is 11.3. The average Bonchev–Trinajstić information content (AvgIpc) is 2.08. The van der Waals surface area contributed by atoms with E-state index in [2.05, 4.69) is 5.32 Å². The molecule has 0 saturated heterocycles. The van der Waals surface area contributed by atoms with E-state index in [4.69, 9.17) is 5.11 Å². The largest absolute Gasteiger partial charge is 0.508 e. The molecule has 6 nitrogen and oxygen atoms in total. The topological polar surface area (TPSA) is 95.5 Å². The van der Waals surface area contributed by atoms with E-state index in [1.54, 1.807) is 11.6 Å². The number of aromatic hydroxyl groups is 1. The van der Waals surface area contributed by atoms with Crippen molar-refractivity contribution in [1.29, 1.82) is 0 Å². The van der Waals surface area contributed by atoms with Gasteiger partial charge in [0.15, 0.2) is 0 Å². The molecular weight excluding hydrogens is 220 g/mol. The Balaban J connectivity index is 2.77. The highest BCUT2D eigenvalue weighted by molar-refractivity contribution is 7.71. The monoisotopic (exact) mass is 230 g/mol. The third-order valence-corrected chi connectivity index (χ3v) is 2.04. The van der Waals surface area contributed by atoms with Crippen molar-refractivity contribution in [2.24, 2.45) is 0 Å². The molecule has 0 unspecified atom stereocenters. The zero-order valence-electron chi connectivity index (χ0n) is 7.85. The van der Waals surface area contributed by atoms with Gasteiger partial charge < -0.3 is 10.4 Å². The summed E-state index contributed by atoms with van der Waals surface area (Å²) in [6, 6.07) is 3.48. The molecule has 0 spiro atoms. The minimum Gasteiger partial charge on any atom is -0.508 e. The molecule has 1 rings (SSSR count). The van der Waals surface area contributed by atoms with Gasteiger partial charge in [-0.25, -0.2) is 17.9 Å². The minimum atomic E-state index is -2.96. The van der Waals surface area contributed by atoms with Gasteiger partial charge in [-0.15, -0.1) is 0 Å². The van der Waals surface area contributed by atoms with Gasteiger partial charge in [0.2, 0.25) is 10.9 Å². The summed E-state index contributed by atoms with van der Waals surface area (Å²) in [5.41, 5.74) is 1.06. The molecule has 0 aliphatic heterocycles. The van der Waals surface area contributed by atoms with Crippen LogP contribution in [0, 0.1) is 6.92 Å². The number of benzene rings is 1. The predicted molar refractivity (Wildman–Crippen MR) is 55.3 cm³/mol. The SMILES string of the molecule is Cc1cc(O)ccc1NC(=O)N[SH](=O)=O. The number of urea groups is 1. The number of carbonyl (C=O) groups excluding carboxylic acids is 1. The Bertz CT molecular complexity index is 448. The molecule has 0 saturated carbocycles. The van der Waals surface area contributed by atoms with Crippen LogP contribution in [0.15, 0.2) is 18.2 Å². The molecule has 1 aromatic rings. The molecule has 82 valence electrons. The number of carbonyl (C=O) groups is 1. The summed E-state index contributed by atoms with van der Waals surface area (Å²) in [7, 11) is -2.96. The zero-order valence-corrected chi connectivity index (χ0v) is 8.75. The first-order chi connectivity index (χ1) is 6.99. The van der Waals surface area contributed by atoms with E-state index in [0.717, 1.165) is 0 Å². The highest BCUT2D eigenvalue weighted by Gasteiger charge is 2.04. The number of aryl methyl sites for hydroxylation is 1. The van der Waals surface area contributed by atoms with Crippen LogP contribution >= 0.6 is 0 Å². The number of phenolic OH excluding ortho intramolecular Hbond substituents is 1. The normalized spacial score (nSPS) is 10.0.